The van der Waals surface area contributed by atoms with Crippen LogP contribution in [-0.2, 0) is 4.74 Å². The first-order valence-corrected chi connectivity index (χ1v) is 5.64. The van der Waals surface area contributed by atoms with Crippen LogP contribution in [0.15, 0.2) is 54.6 Å². The van der Waals surface area contributed by atoms with Gasteiger partial charge in [-0.25, -0.2) is 9.59 Å². The van der Waals surface area contributed by atoms with Crippen molar-refractivity contribution in [2.24, 2.45) is 0 Å². The van der Waals surface area contributed by atoms with Crippen LogP contribution in [0.1, 0.15) is 20.7 Å². The van der Waals surface area contributed by atoms with E-state index in [-0.39, 0.29) is 5.69 Å². The maximum Gasteiger partial charge on any atom is 0.346 e. The van der Waals surface area contributed by atoms with Crippen molar-refractivity contribution >= 4 is 17.6 Å². The van der Waals surface area contributed by atoms with Crippen molar-refractivity contribution in [1.82, 2.24) is 0 Å². The van der Waals surface area contributed by atoms with Crippen molar-refractivity contribution in [3.63, 3.8) is 0 Å². The Bertz CT molecular complexity index is 633. The number of nitro benzene ring substituents is 1. The van der Waals surface area contributed by atoms with E-state index in [0.29, 0.717) is 11.1 Å². The highest BCUT2D eigenvalue weighted by molar-refractivity contribution is 6.14. The molecule has 0 fully saturated rings. The van der Waals surface area contributed by atoms with E-state index < -0.39 is 16.9 Å². The summed E-state index contributed by atoms with van der Waals surface area (Å²) in [7, 11) is 0. The van der Waals surface area contributed by atoms with Crippen LogP contribution in [0.2, 0.25) is 0 Å². The van der Waals surface area contributed by atoms with Crippen molar-refractivity contribution in [2.75, 3.05) is 0 Å². The lowest BCUT2D eigenvalue weighted by Gasteiger charge is -1.86. The second kappa shape index (κ2) is 5.75. The van der Waals surface area contributed by atoms with Crippen LogP contribution in [0.3, 0.4) is 0 Å². The predicted molar refractivity (Wildman–Crippen MR) is 69.3 cm³/mol. The standard InChI is InChI=1S/C8H4O3.C6H5NO2/c9-7-5-3-1-2-4-6(5)8(10)11-7;8-7(9)6-4-2-1-3-5-6/h1-4H;1-5H. The van der Waals surface area contributed by atoms with Crippen LogP contribution < -0.4 is 0 Å². The molecule has 1 aliphatic heterocycles. The number of rotatable bonds is 1. The van der Waals surface area contributed by atoms with E-state index in [0.717, 1.165) is 0 Å². The molecule has 1 heterocycles. The number of hydrogen-bond acceptors (Lipinski definition) is 5. The number of benzene rings is 2. The average Bonchev–Trinajstić information content (AvgIpc) is 2.76. The molecule has 0 amide bonds. The van der Waals surface area contributed by atoms with Crippen LogP contribution in [0.4, 0.5) is 5.69 Å². The molecule has 0 saturated heterocycles. The molecule has 2 aromatic rings. The molecule has 0 aromatic heterocycles. The molecule has 6 nitrogen and oxygen atoms in total. The first-order valence-electron chi connectivity index (χ1n) is 5.64. The van der Waals surface area contributed by atoms with Crippen LogP contribution in [0.5, 0.6) is 0 Å². The molecule has 100 valence electrons. The van der Waals surface area contributed by atoms with Gasteiger partial charge in [0, 0.05) is 12.1 Å². The molecule has 1 aliphatic rings. The lowest BCUT2D eigenvalue weighted by atomic mass is 10.1. The molecule has 0 bridgehead atoms. The highest BCUT2D eigenvalue weighted by Crippen LogP contribution is 2.18. The van der Waals surface area contributed by atoms with Crippen molar-refractivity contribution in [1.29, 1.82) is 0 Å². The number of cyclic esters (lactones) is 2. The number of carbonyl (C=O) groups is 2. The molecule has 0 saturated carbocycles. The molecule has 2 aromatic carbocycles. The Balaban J connectivity index is 0.000000151. The predicted octanol–water partition coefficient (Wildman–Crippen LogP) is 2.59. The number of nitrogens with zero attached hydrogens (tertiary/aromatic N) is 1. The van der Waals surface area contributed by atoms with Crippen molar-refractivity contribution in [3.05, 3.63) is 75.8 Å². The number of nitro groups is 1. The Hall–Kier alpha value is -3.02. The maximum absolute atomic E-state index is 10.8. The van der Waals surface area contributed by atoms with Gasteiger partial charge in [0.25, 0.3) is 5.69 Å². The van der Waals surface area contributed by atoms with Gasteiger partial charge in [-0.15, -0.1) is 0 Å². The topological polar surface area (TPSA) is 86.5 Å². The highest BCUT2D eigenvalue weighted by atomic mass is 16.6. The fourth-order valence-corrected chi connectivity index (χ4v) is 1.58. The third-order valence-electron chi connectivity index (χ3n) is 2.52. The van der Waals surface area contributed by atoms with E-state index in [1.807, 2.05) is 0 Å². The molecule has 20 heavy (non-hydrogen) atoms. The first-order chi connectivity index (χ1) is 9.59. The number of non-ortho nitro benzene ring substituents is 1. The molecular formula is C14H9NO5. The van der Waals surface area contributed by atoms with Gasteiger partial charge in [0.05, 0.1) is 16.1 Å². The largest absolute Gasteiger partial charge is 0.386 e. The van der Waals surface area contributed by atoms with E-state index in [1.165, 1.54) is 12.1 Å². The van der Waals surface area contributed by atoms with Crippen LogP contribution in [-0.4, -0.2) is 16.9 Å². The molecule has 0 aliphatic carbocycles. The number of ether oxygens (including phenoxy) is 1. The fourth-order valence-electron chi connectivity index (χ4n) is 1.58. The van der Waals surface area contributed by atoms with Gasteiger partial charge < -0.3 is 4.74 Å². The Labute approximate surface area is 113 Å². The lowest BCUT2D eigenvalue weighted by Crippen LogP contribution is -1.96. The quantitative estimate of drug-likeness (QED) is 0.344. The number of hydrogen-bond donors (Lipinski definition) is 0. The van der Waals surface area contributed by atoms with Gasteiger partial charge in [-0.2, -0.15) is 0 Å². The molecule has 0 atom stereocenters. The summed E-state index contributed by atoms with van der Waals surface area (Å²) in [6.45, 7) is 0. The van der Waals surface area contributed by atoms with Crippen LogP contribution in [0.25, 0.3) is 0 Å². The number of para-hydroxylation sites is 1. The molecular weight excluding hydrogens is 262 g/mol. The average molecular weight is 271 g/mol. The van der Waals surface area contributed by atoms with Gasteiger partial charge in [0.15, 0.2) is 0 Å². The highest BCUT2D eigenvalue weighted by Gasteiger charge is 2.28. The molecule has 0 spiro atoms. The van der Waals surface area contributed by atoms with E-state index in [2.05, 4.69) is 4.74 Å². The minimum Gasteiger partial charge on any atom is -0.386 e. The maximum atomic E-state index is 10.8. The van der Waals surface area contributed by atoms with Gasteiger partial charge >= 0.3 is 11.9 Å². The summed E-state index contributed by atoms with van der Waals surface area (Å²) in [6.07, 6.45) is 0. The van der Waals surface area contributed by atoms with Gasteiger partial charge in [0.1, 0.15) is 0 Å². The van der Waals surface area contributed by atoms with E-state index in [9.17, 15) is 19.7 Å². The van der Waals surface area contributed by atoms with Crippen molar-refractivity contribution in [2.45, 2.75) is 0 Å². The van der Waals surface area contributed by atoms with E-state index >= 15 is 0 Å². The molecule has 0 radical (unpaired) electrons. The third kappa shape index (κ3) is 2.86. The SMILES string of the molecule is O=C1OC(=O)c2ccccc21.O=[N+]([O-])c1ccccc1. The molecule has 3 rings (SSSR count). The number of esters is 2. The second-order valence-electron chi connectivity index (χ2n) is 3.82. The monoisotopic (exact) mass is 271 g/mol. The smallest absolute Gasteiger partial charge is 0.346 e. The molecule has 0 N–H and O–H groups in total. The Kier molecular flexibility index (Phi) is 3.85. The van der Waals surface area contributed by atoms with Gasteiger partial charge in [-0.3, -0.25) is 10.1 Å². The van der Waals surface area contributed by atoms with Gasteiger partial charge in [-0.05, 0) is 12.1 Å². The number of carbonyl (C=O) groups excluding carboxylic acids is 2. The van der Waals surface area contributed by atoms with Crippen LogP contribution >= 0.6 is 0 Å². The summed E-state index contributed by atoms with van der Waals surface area (Å²) in [5.41, 5.74) is 0.854. The van der Waals surface area contributed by atoms with E-state index in [4.69, 9.17) is 0 Å². The molecule has 0 unspecified atom stereocenters. The second-order valence-corrected chi connectivity index (χ2v) is 3.82. The zero-order valence-electron chi connectivity index (χ0n) is 10.2. The van der Waals surface area contributed by atoms with Crippen molar-refractivity contribution in [3.8, 4) is 0 Å². The van der Waals surface area contributed by atoms with E-state index in [1.54, 1.807) is 42.5 Å². The lowest BCUT2D eigenvalue weighted by molar-refractivity contribution is -0.384. The Morgan fingerprint density at radius 3 is 1.65 bits per heavy atom. The summed E-state index contributed by atoms with van der Waals surface area (Å²) in [5.74, 6) is -1.10. The summed E-state index contributed by atoms with van der Waals surface area (Å²) < 4.78 is 4.35. The van der Waals surface area contributed by atoms with Gasteiger partial charge in [-0.1, -0.05) is 30.3 Å². The van der Waals surface area contributed by atoms with Gasteiger partial charge in [0.2, 0.25) is 0 Å². The van der Waals surface area contributed by atoms with Crippen LogP contribution in [0, 0.1) is 10.1 Å². The minimum absolute atomic E-state index is 0.137. The third-order valence-corrected chi connectivity index (χ3v) is 2.52. The van der Waals surface area contributed by atoms with Crippen molar-refractivity contribution < 1.29 is 19.2 Å². The number of fused-ring (bicyclic) bond motifs is 1. The summed E-state index contributed by atoms with van der Waals surface area (Å²) in [5, 5.41) is 10.0. The Morgan fingerprint density at radius 2 is 1.25 bits per heavy atom. The zero-order valence-corrected chi connectivity index (χ0v) is 10.2. The summed E-state index contributed by atoms with van der Waals surface area (Å²) in [4.78, 5) is 31.3. The summed E-state index contributed by atoms with van der Waals surface area (Å²) in [6, 6.07) is 14.5. The normalized spacial score (nSPS) is 12.0. The minimum atomic E-state index is -0.550. The summed E-state index contributed by atoms with van der Waals surface area (Å²) >= 11 is 0. The first kappa shape index (κ1) is 13.4. The Morgan fingerprint density at radius 1 is 0.800 bits per heavy atom. The zero-order chi connectivity index (χ0) is 14.5. The fraction of sp³-hybridized carbons (Fsp3) is 0. The molecule has 6 heteroatoms.